The molecule has 0 spiro atoms. The topological polar surface area (TPSA) is 35.6 Å². The third-order valence-electron chi connectivity index (χ3n) is 10.4. The summed E-state index contributed by atoms with van der Waals surface area (Å²) in [5.41, 5.74) is 15.8. The van der Waals surface area contributed by atoms with E-state index in [1.54, 1.807) is 6.20 Å². The van der Waals surface area contributed by atoms with Crippen LogP contribution in [0.3, 0.4) is 0 Å². The van der Waals surface area contributed by atoms with Crippen molar-refractivity contribution in [2.24, 2.45) is 0 Å². The van der Waals surface area contributed by atoms with E-state index in [0.717, 1.165) is 51.4 Å². The van der Waals surface area contributed by atoms with Crippen molar-refractivity contribution in [3.05, 3.63) is 200 Å². The van der Waals surface area contributed by atoms with Crippen LogP contribution in [0.5, 0.6) is 0 Å². The van der Waals surface area contributed by atoms with E-state index in [0.29, 0.717) is 0 Å². The number of nitrogens with zero attached hydrogens (tertiary/aromatic N) is 4. The highest BCUT2D eigenvalue weighted by Crippen LogP contribution is 2.39. The molecule has 0 radical (unpaired) electrons. The maximum Gasteiger partial charge on any atom is 0.147 e. The van der Waals surface area contributed by atoms with E-state index in [2.05, 4.69) is 178 Å². The van der Waals surface area contributed by atoms with E-state index in [4.69, 9.17) is 4.98 Å². The van der Waals surface area contributed by atoms with Crippen molar-refractivity contribution in [3.8, 4) is 45.0 Å². The van der Waals surface area contributed by atoms with Gasteiger partial charge in [-0.3, -0.25) is 9.55 Å². The Labute approximate surface area is 308 Å². The summed E-state index contributed by atoms with van der Waals surface area (Å²) in [6.07, 6.45) is 13.1. The van der Waals surface area contributed by atoms with Gasteiger partial charge in [0.25, 0.3) is 0 Å². The summed E-state index contributed by atoms with van der Waals surface area (Å²) < 4.78 is 4.60. The van der Waals surface area contributed by atoms with Gasteiger partial charge in [-0.05, 0) is 118 Å². The van der Waals surface area contributed by atoms with Gasteiger partial charge in [-0.2, -0.15) is 0 Å². The Bertz CT molecular complexity index is 2920. The molecule has 0 saturated carbocycles. The molecule has 3 aromatic heterocycles. The summed E-state index contributed by atoms with van der Waals surface area (Å²) in [5, 5.41) is 2.45. The van der Waals surface area contributed by atoms with Gasteiger partial charge in [-0.25, -0.2) is 4.98 Å². The fourth-order valence-corrected chi connectivity index (χ4v) is 7.88. The van der Waals surface area contributed by atoms with E-state index in [-0.39, 0.29) is 0 Å². The number of imidazole rings is 1. The van der Waals surface area contributed by atoms with Crippen molar-refractivity contribution < 1.29 is 0 Å². The van der Waals surface area contributed by atoms with Gasteiger partial charge >= 0.3 is 0 Å². The molecule has 6 aromatic carbocycles. The summed E-state index contributed by atoms with van der Waals surface area (Å²) in [6, 6.07) is 52.2. The Morgan fingerprint density at radius 2 is 1.26 bits per heavy atom. The number of allylic oxidation sites excluding steroid dienone is 5. The lowest BCUT2D eigenvalue weighted by Crippen LogP contribution is -1.99. The second kappa shape index (κ2) is 12.6. The SMILES string of the molecule is C=C1/C=C\C=C/Cc2ccccc2-c2cc(-c3ccc4c(c3)c3ccccc3n4-c3ccc(-n4c(-c5cccnc5)nc5ccccc54)cc3)ccc21. The summed E-state index contributed by atoms with van der Waals surface area (Å²) in [5.74, 6) is 0.872. The van der Waals surface area contributed by atoms with E-state index in [1.165, 1.54) is 49.6 Å². The molecule has 9 aromatic rings. The van der Waals surface area contributed by atoms with Crippen molar-refractivity contribution >= 4 is 38.4 Å². The molecule has 0 fully saturated rings. The predicted octanol–water partition coefficient (Wildman–Crippen LogP) is 12.2. The molecule has 4 nitrogen and oxygen atoms in total. The van der Waals surface area contributed by atoms with Gasteiger partial charge in [-0.15, -0.1) is 0 Å². The summed E-state index contributed by atoms with van der Waals surface area (Å²) in [4.78, 5) is 9.39. The highest BCUT2D eigenvalue weighted by atomic mass is 15.1. The third kappa shape index (κ3) is 5.23. The molecular weight excluding hydrogens is 645 g/mol. The minimum Gasteiger partial charge on any atom is -0.309 e. The molecule has 53 heavy (non-hydrogen) atoms. The fraction of sp³-hybridized carbons (Fsp3) is 0.0204. The molecular formula is C49H34N4. The van der Waals surface area contributed by atoms with Crippen LogP contribution in [-0.4, -0.2) is 19.1 Å². The Kier molecular flexibility index (Phi) is 7.33. The Morgan fingerprint density at radius 1 is 0.528 bits per heavy atom. The summed E-state index contributed by atoms with van der Waals surface area (Å²) in [7, 11) is 0. The average molecular weight is 679 g/mol. The lowest BCUT2D eigenvalue weighted by molar-refractivity contribution is 1.09. The van der Waals surface area contributed by atoms with E-state index < -0.39 is 0 Å². The molecule has 1 aliphatic carbocycles. The Balaban J connectivity index is 1.09. The molecule has 250 valence electrons. The number of hydrogen-bond acceptors (Lipinski definition) is 2. The van der Waals surface area contributed by atoms with E-state index in [9.17, 15) is 0 Å². The van der Waals surface area contributed by atoms with Crippen molar-refractivity contribution in [1.82, 2.24) is 19.1 Å². The summed E-state index contributed by atoms with van der Waals surface area (Å²) in [6.45, 7) is 4.43. The predicted molar refractivity (Wildman–Crippen MR) is 221 cm³/mol. The van der Waals surface area contributed by atoms with Gasteiger partial charge in [0.2, 0.25) is 0 Å². The second-order valence-electron chi connectivity index (χ2n) is 13.5. The minimum atomic E-state index is 0.872. The number of benzene rings is 6. The van der Waals surface area contributed by atoms with Crippen LogP contribution in [0.25, 0.3) is 83.4 Å². The second-order valence-corrected chi connectivity index (χ2v) is 13.5. The number of fused-ring (bicyclic) bond motifs is 7. The molecule has 1 aliphatic rings. The van der Waals surface area contributed by atoms with Crippen LogP contribution in [0.2, 0.25) is 0 Å². The van der Waals surface area contributed by atoms with E-state index >= 15 is 0 Å². The maximum atomic E-state index is 5.01. The van der Waals surface area contributed by atoms with Crippen molar-refractivity contribution in [2.45, 2.75) is 6.42 Å². The monoisotopic (exact) mass is 678 g/mol. The number of pyridine rings is 1. The average Bonchev–Trinajstić information content (AvgIpc) is 3.77. The molecule has 0 N–H and O–H groups in total. The molecule has 10 rings (SSSR count). The first-order valence-corrected chi connectivity index (χ1v) is 18.0. The normalized spacial score (nSPS) is 13.9. The number of hydrogen-bond donors (Lipinski definition) is 0. The van der Waals surface area contributed by atoms with Gasteiger partial charge in [0, 0.05) is 40.1 Å². The molecule has 0 amide bonds. The first-order chi connectivity index (χ1) is 26.2. The zero-order chi connectivity index (χ0) is 35.3. The standard InChI is InChI=1S/C49H34N4/c1-33-12-3-2-4-13-34-14-5-6-16-41(34)43-30-35(21-27-40(33)43)36-22-28-47-44(31-36)42-17-7-9-19-46(42)52(47)38-23-25-39(26-24-38)53-48-20-10-8-18-45(48)51-49(53)37-15-11-29-50-32-37/h2-12,14-32H,1,13H2/b4-2-,12-3-. The minimum absolute atomic E-state index is 0.872. The molecule has 0 unspecified atom stereocenters. The van der Waals surface area contributed by atoms with Crippen molar-refractivity contribution in [3.63, 3.8) is 0 Å². The van der Waals surface area contributed by atoms with Gasteiger partial charge in [0.15, 0.2) is 0 Å². The van der Waals surface area contributed by atoms with Crippen molar-refractivity contribution in [1.29, 1.82) is 0 Å². The Hall–Kier alpha value is -7.04. The van der Waals surface area contributed by atoms with Crippen LogP contribution in [-0.2, 0) is 6.42 Å². The van der Waals surface area contributed by atoms with Crippen LogP contribution in [0, 0.1) is 0 Å². The summed E-state index contributed by atoms with van der Waals surface area (Å²) >= 11 is 0. The van der Waals surface area contributed by atoms with Crippen LogP contribution in [0.15, 0.2) is 189 Å². The van der Waals surface area contributed by atoms with Gasteiger partial charge < -0.3 is 4.57 Å². The lowest BCUT2D eigenvalue weighted by Gasteiger charge is -2.16. The smallest absolute Gasteiger partial charge is 0.147 e. The number of rotatable bonds is 4. The van der Waals surface area contributed by atoms with Gasteiger partial charge in [-0.1, -0.05) is 104 Å². The molecule has 0 aliphatic heterocycles. The molecule has 3 heterocycles. The van der Waals surface area contributed by atoms with Crippen LogP contribution in [0.4, 0.5) is 0 Å². The zero-order valence-electron chi connectivity index (χ0n) is 29.0. The quantitative estimate of drug-likeness (QED) is 0.186. The van der Waals surface area contributed by atoms with E-state index in [1.807, 2.05) is 18.3 Å². The van der Waals surface area contributed by atoms with Crippen molar-refractivity contribution in [2.75, 3.05) is 0 Å². The van der Waals surface area contributed by atoms with Crippen LogP contribution >= 0.6 is 0 Å². The number of para-hydroxylation sites is 3. The first kappa shape index (κ1) is 30.8. The highest BCUT2D eigenvalue weighted by Gasteiger charge is 2.18. The highest BCUT2D eigenvalue weighted by molar-refractivity contribution is 6.10. The van der Waals surface area contributed by atoms with Gasteiger partial charge in [0.1, 0.15) is 5.82 Å². The molecule has 0 saturated heterocycles. The number of aromatic nitrogens is 4. The molecule has 0 atom stereocenters. The largest absolute Gasteiger partial charge is 0.309 e. The molecule has 4 heteroatoms. The molecule has 0 bridgehead atoms. The van der Waals surface area contributed by atoms with Crippen LogP contribution < -0.4 is 0 Å². The lowest BCUT2D eigenvalue weighted by atomic mass is 9.88. The van der Waals surface area contributed by atoms with Crippen LogP contribution in [0.1, 0.15) is 11.1 Å². The van der Waals surface area contributed by atoms with Gasteiger partial charge in [0.05, 0.1) is 22.1 Å². The zero-order valence-corrected chi connectivity index (χ0v) is 29.0. The fourth-order valence-electron chi connectivity index (χ4n) is 7.88. The maximum absolute atomic E-state index is 5.01. The Morgan fingerprint density at radius 3 is 2.13 bits per heavy atom. The first-order valence-electron chi connectivity index (χ1n) is 18.0. The third-order valence-corrected chi connectivity index (χ3v) is 10.4.